The summed E-state index contributed by atoms with van der Waals surface area (Å²) in [5.74, 6) is 0.198. The smallest absolute Gasteiger partial charge is 0.151 e. The predicted octanol–water partition coefficient (Wildman–Crippen LogP) is 4.54. The molecule has 2 aromatic carbocycles. The number of para-hydroxylation sites is 1. The lowest BCUT2D eigenvalue weighted by Gasteiger charge is -2.10. The molecule has 0 saturated heterocycles. The maximum atomic E-state index is 13.9. The van der Waals surface area contributed by atoms with E-state index < -0.39 is 5.82 Å². The van der Waals surface area contributed by atoms with Gasteiger partial charge in [-0.15, -0.1) is 11.6 Å². The largest absolute Gasteiger partial charge is 0.294 e. The van der Waals surface area contributed by atoms with Crippen LogP contribution in [0.5, 0.6) is 0 Å². The fraction of sp³-hybridized carbons (Fsp3) is 0.0667. The van der Waals surface area contributed by atoms with Gasteiger partial charge in [0.15, 0.2) is 5.82 Å². The minimum atomic E-state index is -0.411. The third-order valence-corrected chi connectivity index (χ3v) is 3.88. The van der Waals surface area contributed by atoms with E-state index in [4.69, 9.17) is 11.6 Å². The van der Waals surface area contributed by atoms with Gasteiger partial charge in [0.05, 0.1) is 22.6 Å². The van der Waals surface area contributed by atoms with Crippen LogP contribution in [-0.4, -0.2) is 9.55 Å². The third kappa shape index (κ3) is 2.31. The summed E-state index contributed by atoms with van der Waals surface area (Å²) in [5.41, 5.74) is 1.92. The van der Waals surface area contributed by atoms with E-state index in [1.165, 1.54) is 6.07 Å². The van der Waals surface area contributed by atoms with Crippen LogP contribution in [0, 0.1) is 17.1 Å². The van der Waals surface area contributed by atoms with E-state index in [-0.39, 0.29) is 11.4 Å². The molecular formula is C15H8BrClFN3. The summed E-state index contributed by atoms with van der Waals surface area (Å²) in [6.07, 6.45) is 0. The molecule has 0 spiro atoms. The van der Waals surface area contributed by atoms with Crippen LogP contribution in [0.4, 0.5) is 4.39 Å². The predicted molar refractivity (Wildman–Crippen MR) is 83.0 cm³/mol. The molecule has 0 aliphatic rings. The zero-order valence-corrected chi connectivity index (χ0v) is 13.0. The van der Waals surface area contributed by atoms with Crippen molar-refractivity contribution in [2.24, 2.45) is 0 Å². The van der Waals surface area contributed by atoms with Crippen LogP contribution in [0.1, 0.15) is 11.4 Å². The Morgan fingerprint density at radius 3 is 2.86 bits per heavy atom. The average Bonchev–Trinajstić information content (AvgIpc) is 2.87. The van der Waals surface area contributed by atoms with Crippen molar-refractivity contribution in [1.29, 1.82) is 5.26 Å². The second-order valence-corrected chi connectivity index (χ2v) is 5.56. The first kappa shape index (κ1) is 14.1. The minimum absolute atomic E-state index is 0.117. The Hall–Kier alpha value is -1.90. The lowest BCUT2D eigenvalue weighted by atomic mass is 10.2. The SMILES string of the molecule is N#Cc1ccc(Br)cc1-n1c(CCl)nc2c(F)cccc21. The number of hydrogen-bond acceptors (Lipinski definition) is 2. The molecule has 3 aromatic rings. The molecule has 0 unspecified atom stereocenters. The molecule has 0 aliphatic carbocycles. The number of rotatable bonds is 2. The highest BCUT2D eigenvalue weighted by Crippen LogP contribution is 2.28. The number of halogens is 3. The number of hydrogen-bond donors (Lipinski definition) is 0. The molecule has 0 aliphatic heterocycles. The molecule has 21 heavy (non-hydrogen) atoms. The number of nitrogens with zero attached hydrogens (tertiary/aromatic N) is 3. The fourth-order valence-electron chi connectivity index (χ4n) is 2.26. The van der Waals surface area contributed by atoms with E-state index in [1.54, 1.807) is 34.9 Å². The zero-order chi connectivity index (χ0) is 15.0. The van der Waals surface area contributed by atoms with Crippen LogP contribution in [-0.2, 0) is 5.88 Å². The van der Waals surface area contributed by atoms with Crippen LogP contribution in [0.3, 0.4) is 0 Å². The van der Waals surface area contributed by atoms with E-state index in [0.717, 1.165) is 4.47 Å². The van der Waals surface area contributed by atoms with Crippen molar-refractivity contribution in [3.8, 4) is 11.8 Å². The molecule has 0 amide bonds. The van der Waals surface area contributed by atoms with Gasteiger partial charge in [0.2, 0.25) is 0 Å². The Morgan fingerprint density at radius 1 is 1.33 bits per heavy atom. The number of alkyl halides is 1. The highest BCUT2D eigenvalue weighted by atomic mass is 79.9. The molecular weight excluding hydrogens is 357 g/mol. The van der Waals surface area contributed by atoms with Crippen LogP contribution < -0.4 is 0 Å². The summed E-state index contributed by atoms with van der Waals surface area (Å²) in [4.78, 5) is 4.24. The van der Waals surface area contributed by atoms with Crippen LogP contribution in [0.2, 0.25) is 0 Å². The number of benzene rings is 2. The van der Waals surface area contributed by atoms with Crippen molar-refractivity contribution in [3.05, 3.63) is 58.1 Å². The normalized spacial score (nSPS) is 10.8. The first-order chi connectivity index (χ1) is 10.2. The fourth-order valence-corrected chi connectivity index (χ4v) is 2.78. The van der Waals surface area contributed by atoms with Crippen LogP contribution in [0.25, 0.3) is 16.7 Å². The molecule has 3 nitrogen and oxygen atoms in total. The van der Waals surface area contributed by atoms with Gasteiger partial charge in [0.1, 0.15) is 17.4 Å². The molecule has 1 aromatic heterocycles. The van der Waals surface area contributed by atoms with Gasteiger partial charge < -0.3 is 0 Å². The monoisotopic (exact) mass is 363 g/mol. The average molecular weight is 365 g/mol. The summed E-state index contributed by atoms with van der Waals surface area (Å²) in [6, 6.07) is 12.1. The van der Waals surface area contributed by atoms with E-state index in [1.807, 2.05) is 0 Å². The Morgan fingerprint density at radius 2 is 2.14 bits per heavy atom. The second-order valence-electron chi connectivity index (χ2n) is 4.38. The molecule has 0 saturated carbocycles. The number of fused-ring (bicyclic) bond motifs is 1. The number of imidazole rings is 1. The van der Waals surface area contributed by atoms with E-state index in [0.29, 0.717) is 22.6 Å². The highest BCUT2D eigenvalue weighted by molar-refractivity contribution is 9.10. The van der Waals surface area contributed by atoms with Crippen molar-refractivity contribution in [2.75, 3.05) is 0 Å². The lowest BCUT2D eigenvalue weighted by Crippen LogP contribution is -2.02. The molecule has 0 fully saturated rings. The Bertz CT molecular complexity index is 882. The summed E-state index contributed by atoms with van der Waals surface area (Å²) in [7, 11) is 0. The van der Waals surface area contributed by atoms with Gasteiger partial charge in [-0.25, -0.2) is 9.37 Å². The molecule has 1 heterocycles. The van der Waals surface area contributed by atoms with Gasteiger partial charge in [0, 0.05) is 4.47 Å². The van der Waals surface area contributed by atoms with E-state index in [9.17, 15) is 9.65 Å². The van der Waals surface area contributed by atoms with Crippen LogP contribution >= 0.6 is 27.5 Å². The molecule has 0 bridgehead atoms. The Balaban J connectivity index is 2.43. The highest BCUT2D eigenvalue weighted by Gasteiger charge is 2.17. The molecule has 3 rings (SSSR count). The van der Waals surface area contributed by atoms with Crippen molar-refractivity contribution in [2.45, 2.75) is 5.88 Å². The van der Waals surface area contributed by atoms with Gasteiger partial charge in [-0.05, 0) is 30.3 Å². The van der Waals surface area contributed by atoms with E-state index >= 15 is 0 Å². The molecule has 6 heteroatoms. The maximum Gasteiger partial charge on any atom is 0.151 e. The lowest BCUT2D eigenvalue weighted by molar-refractivity contribution is 0.637. The summed E-state index contributed by atoms with van der Waals surface area (Å²) < 4.78 is 16.4. The number of nitriles is 1. The van der Waals surface area contributed by atoms with Crippen molar-refractivity contribution >= 4 is 38.6 Å². The molecule has 104 valence electrons. The van der Waals surface area contributed by atoms with Gasteiger partial charge in [0.25, 0.3) is 0 Å². The second kappa shape index (κ2) is 5.47. The Kier molecular flexibility index (Phi) is 3.66. The summed E-state index contributed by atoms with van der Waals surface area (Å²) in [5, 5.41) is 9.29. The van der Waals surface area contributed by atoms with Gasteiger partial charge in [-0.3, -0.25) is 4.57 Å². The van der Waals surface area contributed by atoms with Gasteiger partial charge in [-0.1, -0.05) is 22.0 Å². The van der Waals surface area contributed by atoms with Gasteiger partial charge in [-0.2, -0.15) is 5.26 Å². The third-order valence-electron chi connectivity index (χ3n) is 3.15. The summed E-state index contributed by atoms with van der Waals surface area (Å²) >= 11 is 9.33. The Labute approximate surface area is 133 Å². The van der Waals surface area contributed by atoms with E-state index in [2.05, 4.69) is 27.0 Å². The first-order valence-electron chi connectivity index (χ1n) is 6.07. The molecule has 0 atom stereocenters. The van der Waals surface area contributed by atoms with Crippen molar-refractivity contribution < 1.29 is 4.39 Å². The first-order valence-corrected chi connectivity index (χ1v) is 7.40. The quantitative estimate of drug-likeness (QED) is 0.627. The number of aromatic nitrogens is 2. The molecule has 0 radical (unpaired) electrons. The summed E-state index contributed by atoms with van der Waals surface area (Å²) in [6.45, 7) is 0. The maximum absolute atomic E-state index is 13.9. The minimum Gasteiger partial charge on any atom is -0.294 e. The zero-order valence-electron chi connectivity index (χ0n) is 10.6. The topological polar surface area (TPSA) is 41.6 Å². The molecule has 0 N–H and O–H groups in total. The van der Waals surface area contributed by atoms with Crippen LogP contribution in [0.15, 0.2) is 40.9 Å². The van der Waals surface area contributed by atoms with Gasteiger partial charge >= 0.3 is 0 Å². The van der Waals surface area contributed by atoms with Crippen molar-refractivity contribution in [3.63, 3.8) is 0 Å². The van der Waals surface area contributed by atoms with Crippen molar-refractivity contribution in [1.82, 2.24) is 9.55 Å². The standard InChI is InChI=1S/C15H8BrClFN3/c16-10-5-4-9(8-19)13(6-10)21-12-3-1-2-11(18)15(12)20-14(21)7-17/h1-6H,7H2.